The van der Waals surface area contributed by atoms with Crippen molar-refractivity contribution in [3.05, 3.63) is 29.8 Å². The monoisotopic (exact) mass is 344 g/mol. The molecule has 1 spiro atoms. The van der Waals surface area contributed by atoms with Crippen molar-refractivity contribution in [2.24, 2.45) is 5.92 Å². The van der Waals surface area contributed by atoms with Gasteiger partial charge in [0.05, 0.1) is 12.6 Å². The molecule has 6 nitrogen and oxygen atoms in total. The van der Waals surface area contributed by atoms with Crippen LogP contribution in [0.1, 0.15) is 37.2 Å². The maximum Gasteiger partial charge on any atom is 0.407 e. The number of alkyl carbamates (subject to hydrolysis) is 1. The van der Waals surface area contributed by atoms with Crippen molar-refractivity contribution in [3.8, 4) is 5.75 Å². The summed E-state index contributed by atoms with van der Waals surface area (Å²) in [4.78, 5) is 25.9. The van der Waals surface area contributed by atoms with E-state index in [1.807, 2.05) is 17.0 Å². The van der Waals surface area contributed by atoms with Crippen LogP contribution in [0.15, 0.2) is 24.3 Å². The molecule has 1 aromatic carbocycles. The molecule has 0 aromatic heterocycles. The Kier molecular flexibility index (Phi) is 4.06. The predicted octanol–water partition coefficient (Wildman–Crippen LogP) is 2.29. The Morgan fingerprint density at radius 3 is 2.48 bits per heavy atom. The number of piperidine rings is 1. The van der Waals surface area contributed by atoms with E-state index in [1.54, 1.807) is 7.11 Å². The lowest BCUT2D eigenvalue weighted by atomic mass is 9.68. The molecule has 2 saturated heterocycles. The van der Waals surface area contributed by atoms with Crippen LogP contribution in [-0.2, 0) is 9.53 Å². The maximum absolute atomic E-state index is 12.7. The SMILES string of the molecule is COc1ccc(C2CCN(C(=O)C3CC4(COC(=O)N4)C3)CC2)cc1. The molecule has 25 heavy (non-hydrogen) atoms. The highest BCUT2D eigenvalue weighted by Crippen LogP contribution is 2.42. The lowest BCUT2D eigenvalue weighted by Crippen LogP contribution is -2.58. The summed E-state index contributed by atoms with van der Waals surface area (Å²) in [6, 6.07) is 8.25. The Bertz CT molecular complexity index is 659. The fourth-order valence-corrected chi connectivity index (χ4v) is 4.34. The average Bonchev–Trinajstić information content (AvgIpc) is 3.02. The minimum absolute atomic E-state index is 0.0273. The molecule has 0 unspecified atom stereocenters. The topological polar surface area (TPSA) is 67.9 Å². The highest BCUT2D eigenvalue weighted by atomic mass is 16.6. The number of methoxy groups -OCH3 is 1. The number of hydrogen-bond acceptors (Lipinski definition) is 4. The third-order valence-electron chi connectivity index (χ3n) is 5.86. The second-order valence-corrected chi connectivity index (χ2v) is 7.46. The minimum atomic E-state index is -0.355. The van der Waals surface area contributed by atoms with Crippen LogP contribution in [0.2, 0.25) is 0 Å². The number of carbonyl (C=O) groups excluding carboxylic acids is 2. The van der Waals surface area contributed by atoms with E-state index in [4.69, 9.17) is 9.47 Å². The third-order valence-corrected chi connectivity index (χ3v) is 5.86. The molecule has 134 valence electrons. The van der Waals surface area contributed by atoms with Gasteiger partial charge in [-0.15, -0.1) is 0 Å². The molecule has 1 aliphatic carbocycles. The first-order valence-electron chi connectivity index (χ1n) is 8.96. The summed E-state index contributed by atoms with van der Waals surface area (Å²) in [7, 11) is 1.67. The van der Waals surface area contributed by atoms with Gasteiger partial charge in [0.25, 0.3) is 0 Å². The normalized spacial score (nSPS) is 29.1. The molecule has 1 N–H and O–H groups in total. The Hall–Kier alpha value is -2.24. The molecule has 2 aliphatic heterocycles. The van der Waals surface area contributed by atoms with Crippen LogP contribution < -0.4 is 10.1 Å². The summed E-state index contributed by atoms with van der Waals surface area (Å²) in [6.07, 6.45) is 3.04. The molecule has 3 fully saturated rings. The highest BCUT2D eigenvalue weighted by molar-refractivity contribution is 5.81. The molecule has 2 amide bonds. The molecule has 1 aromatic rings. The van der Waals surface area contributed by atoms with E-state index in [-0.39, 0.29) is 23.5 Å². The Balaban J connectivity index is 1.28. The molecule has 1 saturated carbocycles. The number of amides is 2. The van der Waals surface area contributed by atoms with Crippen LogP contribution in [0, 0.1) is 5.92 Å². The number of ether oxygens (including phenoxy) is 2. The van der Waals surface area contributed by atoms with E-state index in [9.17, 15) is 9.59 Å². The van der Waals surface area contributed by atoms with Crippen molar-refractivity contribution < 1.29 is 19.1 Å². The van der Waals surface area contributed by atoms with Crippen molar-refractivity contribution in [1.82, 2.24) is 10.2 Å². The molecule has 0 atom stereocenters. The number of nitrogens with zero attached hydrogens (tertiary/aromatic N) is 1. The molecule has 0 radical (unpaired) electrons. The van der Waals surface area contributed by atoms with Gasteiger partial charge in [-0.05, 0) is 49.3 Å². The quantitative estimate of drug-likeness (QED) is 0.913. The lowest BCUT2D eigenvalue weighted by Gasteiger charge is -2.45. The van der Waals surface area contributed by atoms with E-state index >= 15 is 0 Å². The van der Waals surface area contributed by atoms with Crippen molar-refractivity contribution in [2.45, 2.75) is 37.1 Å². The van der Waals surface area contributed by atoms with Gasteiger partial charge in [-0.3, -0.25) is 4.79 Å². The van der Waals surface area contributed by atoms with Crippen LogP contribution in [0.3, 0.4) is 0 Å². The van der Waals surface area contributed by atoms with Gasteiger partial charge in [-0.2, -0.15) is 0 Å². The zero-order valence-electron chi connectivity index (χ0n) is 14.5. The lowest BCUT2D eigenvalue weighted by molar-refractivity contribution is -0.142. The second-order valence-electron chi connectivity index (χ2n) is 7.46. The summed E-state index contributed by atoms with van der Waals surface area (Å²) in [5.74, 6) is 1.64. The minimum Gasteiger partial charge on any atom is -0.497 e. The standard InChI is InChI=1S/C19H24N2O4/c1-24-16-4-2-13(3-5-16)14-6-8-21(9-7-14)17(22)15-10-19(11-15)12-25-18(23)20-19/h2-5,14-15H,6-12H2,1H3,(H,20,23). The van der Waals surface area contributed by atoms with E-state index in [0.29, 0.717) is 25.4 Å². The first-order chi connectivity index (χ1) is 12.1. The maximum atomic E-state index is 12.7. The van der Waals surface area contributed by atoms with Crippen molar-refractivity contribution in [3.63, 3.8) is 0 Å². The number of benzene rings is 1. The fraction of sp³-hybridized carbons (Fsp3) is 0.579. The van der Waals surface area contributed by atoms with Gasteiger partial charge >= 0.3 is 6.09 Å². The van der Waals surface area contributed by atoms with E-state index < -0.39 is 0 Å². The van der Waals surface area contributed by atoms with Gasteiger partial charge in [0.2, 0.25) is 5.91 Å². The van der Waals surface area contributed by atoms with Crippen LogP contribution >= 0.6 is 0 Å². The highest BCUT2D eigenvalue weighted by Gasteiger charge is 2.53. The molecule has 6 heteroatoms. The molecular formula is C19H24N2O4. The van der Waals surface area contributed by atoms with E-state index in [2.05, 4.69) is 17.4 Å². The first-order valence-corrected chi connectivity index (χ1v) is 8.96. The smallest absolute Gasteiger partial charge is 0.407 e. The molecule has 2 heterocycles. The van der Waals surface area contributed by atoms with Crippen LogP contribution in [0.5, 0.6) is 5.75 Å². The van der Waals surface area contributed by atoms with Gasteiger partial charge in [-0.1, -0.05) is 12.1 Å². The fourth-order valence-electron chi connectivity index (χ4n) is 4.34. The van der Waals surface area contributed by atoms with Gasteiger partial charge in [0.15, 0.2) is 0 Å². The summed E-state index contributed by atoms with van der Waals surface area (Å²) in [5.41, 5.74) is 1.04. The number of rotatable bonds is 3. The second kappa shape index (κ2) is 6.24. The number of hydrogen-bond donors (Lipinski definition) is 1. The van der Waals surface area contributed by atoms with E-state index in [1.165, 1.54) is 5.56 Å². The van der Waals surface area contributed by atoms with Gasteiger partial charge in [0, 0.05) is 19.0 Å². The number of carbonyl (C=O) groups is 2. The van der Waals surface area contributed by atoms with E-state index in [0.717, 1.165) is 31.7 Å². The van der Waals surface area contributed by atoms with Gasteiger partial charge in [0.1, 0.15) is 12.4 Å². The van der Waals surface area contributed by atoms with Crippen molar-refractivity contribution in [2.75, 3.05) is 26.8 Å². The van der Waals surface area contributed by atoms with Gasteiger partial charge in [-0.25, -0.2) is 4.79 Å². The summed E-state index contributed by atoms with van der Waals surface area (Å²) < 4.78 is 10.2. The van der Waals surface area contributed by atoms with Crippen LogP contribution in [0.4, 0.5) is 4.79 Å². The number of cyclic esters (lactones) is 1. The molecule has 3 aliphatic rings. The molecule has 4 rings (SSSR count). The summed E-state index contributed by atoms with van der Waals surface area (Å²) >= 11 is 0. The summed E-state index contributed by atoms with van der Waals surface area (Å²) in [6.45, 7) is 2.01. The number of likely N-dealkylation sites (tertiary alicyclic amines) is 1. The zero-order chi connectivity index (χ0) is 17.4. The number of nitrogens with one attached hydrogen (secondary N) is 1. The summed E-state index contributed by atoms with van der Waals surface area (Å²) in [5, 5.41) is 2.85. The van der Waals surface area contributed by atoms with Gasteiger partial charge < -0.3 is 19.7 Å². The Labute approximate surface area is 147 Å². The molecular weight excluding hydrogens is 320 g/mol. The van der Waals surface area contributed by atoms with Crippen molar-refractivity contribution >= 4 is 12.0 Å². The van der Waals surface area contributed by atoms with Crippen LogP contribution in [0.25, 0.3) is 0 Å². The van der Waals surface area contributed by atoms with Crippen molar-refractivity contribution in [1.29, 1.82) is 0 Å². The third kappa shape index (κ3) is 3.05. The Morgan fingerprint density at radius 2 is 1.92 bits per heavy atom. The van der Waals surface area contributed by atoms with Crippen LogP contribution in [-0.4, -0.2) is 49.2 Å². The average molecular weight is 344 g/mol. The molecule has 0 bridgehead atoms. The first kappa shape index (κ1) is 16.2. The predicted molar refractivity (Wildman–Crippen MR) is 91.5 cm³/mol. The largest absolute Gasteiger partial charge is 0.497 e. The Morgan fingerprint density at radius 1 is 1.24 bits per heavy atom. The zero-order valence-corrected chi connectivity index (χ0v) is 14.5.